The zero-order valence-electron chi connectivity index (χ0n) is 19.5. The second kappa shape index (κ2) is 10.7. The molecule has 3 rings (SSSR count). The van der Waals surface area contributed by atoms with Crippen LogP contribution in [0.2, 0.25) is 0 Å². The third-order valence-corrected chi connectivity index (χ3v) is 9.24. The van der Waals surface area contributed by atoms with Crippen molar-refractivity contribution in [2.24, 2.45) is 17.6 Å². The van der Waals surface area contributed by atoms with Gasteiger partial charge in [-0.05, 0) is 43.9 Å². The fraction of sp³-hybridized carbons (Fsp3) is 0.591. The summed E-state index contributed by atoms with van der Waals surface area (Å²) in [5.41, 5.74) is 6.15. The Hall–Kier alpha value is -1.76. The molecule has 0 radical (unpaired) electrons. The van der Waals surface area contributed by atoms with Gasteiger partial charge in [-0.2, -0.15) is 4.31 Å². The quantitative estimate of drug-likeness (QED) is 0.452. The van der Waals surface area contributed by atoms with Gasteiger partial charge in [-0.25, -0.2) is 8.42 Å². The number of carbonyl (C=O) groups excluding carboxylic acids is 1. The number of piperidine rings is 1. The van der Waals surface area contributed by atoms with Gasteiger partial charge in [-0.15, -0.1) is 11.3 Å². The standard InChI is InChI=1S/C22H34N4O5S2/c1-14(2)21(27)24-20(23)18-12-19(15(3)32-18)33(29,30)26-9-7-16(8-10-26)22(28)25(4)13-17-6-5-11-31-17/h5-6,11-12,14,16,20-21,24,27H,7-10,13,23H2,1-4H3. The molecule has 0 spiro atoms. The fourth-order valence-electron chi connectivity index (χ4n) is 3.86. The molecule has 2 unspecified atom stereocenters. The first-order chi connectivity index (χ1) is 15.5. The molecule has 9 nitrogen and oxygen atoms in total. The van der Waals surface area contributed by atoms with E-state index >= 15 is 0 Å². The Morgan fingerprint density at radius 3 is 2.64 bits per heavy atom. The number of aliphatic hydroxyl groups excluding tert-OH is 1. The highest BCUT2D eigenvalue weighted by Crippen LogP contribution is 2.33. The molecule has 0 aliphatic carbocycles. The molecule has 1 fully saturated rings. The summed E-state index contributed by atoms with van der Waals surface area (Å²) in [6, 6.07) is 5.19. The van der Waals surface area contributed by atoms with Gasteiger partial charge >= 0.3 is 0 Å². The average molecular weight is 499 g/mol. The van der Waals surface area contributed by atoms with Crippen LogP contribution in [0.15, 0.2) is 33.8 Å². The van der Waals surface area contributed by atoms with E-state index in [2.05, 4.69) is 5.32 Å². The maximum absolute atomic E-state index is 13.3. The lowest BCUT2D eigenvalue weighted by Gasteiger charge is -2.32. The Balaban J connectivity index is 1.63. The number of aliphatic hydroxyl groups is 1. The van der Waals surface area contributed by atoms with Crippen LogP contribution in [-0.4, -0.2) is 55.0 Å². The number of sulfonamides is 1. The van der Waals surface area contributed by atoms with Gasteiger partial charge < -0.3 is 20.2 Å². The van der Waals surface area contributed by atoms with Crippen molar-refractivity contribution in [3.05, 3.63) is 40.0 Å². The van der Waals surface area contributed by atoms with E-state index in [-0.39, 0.29) is 35.7 Å². The summed E-state index contributed by atoms with van der Waals surface area (Å²) >= 11 is 1.30. The van der Waals surface area contributed by atoms with Crippen molar-refractivity contribution in [1.82, 2.24) is 14.5 Å². The molecule has 4 N–H and O–H groups in total. The Bertz CT molecular complexity index is 1030. The molecular formula is C22H34N4O5S2. The molecule has 11 heteroatoms. The molecule has 2 aromatic rings. The van der Waals surface area contributed by atoms with Crippen molar-refractivity contribution in [2.75, 3.05) is 20.1 Å². The molecule has 3 heterocycles. The monoisotopic (exact) mass is 498 g/mol. The number of amides is 1. The van der Waals surface area contributed by atoms with Gasteiger partial charge in [0.25, 0.3) is 0 Å². The second-order valence-electron chi connectivity index (χ2n) is 8.85. The number of hydrogen-bond donors (Lipinski definition) is 3. The van der Waals surface area contributed by atoms with Crippen LogP contribution in [0.4, 0.5) is 0 Å². The Labute approximate surface area is 199 Å². The van der Waals surface area contributed by atoms with Gasteiger partial charge in [0.2, 0.25) is 15.9 Å². The van der Waals surface area contributed by atoms with Crippen LogP contribution in [0.1, 0.15) is 48.4 Å². The van der Waals surface area contributed by atoms with Crippen LogP contribution < -0.4 is 11.1 Å². The fourth-order valence-corrected chi connectivity index (χ4v) is 6.87. The molecule has 1 aliphatic heterocycles. The number of nitrogens with two attached hydrogens (primary N) is 1. The predicted octanol–water partition coefficient (Wildman–Crippen LogP) is 2.23. The van der Waals surface area contributed by atoms with E-state index in [4.69, 9.17) is 10.2 Å². The Morgan fingerprint density at radius 2 is 2.06 bits per heavy atom. The molecule has 2 atom stereocenters. The van der Waals surface area contributed by atoms with Crippen molar-refractivity contribution in [3.8, 4) is 0 Å². The van der Waals surface area contributed by atoms with Gasteiger partial charge in [-0.3, -0.25) is 10.1 Å². The molecule has 0 aromatic carbocycles. The number of nitrogens with zero attached hydrogens (tertiary/aromatic N) is 2. The number of carbonyl (C=O) groups is 1. The van der Waals surface area contributed by atoms with Gasteiger partial charge in [-0.1, -0.05) is 13.8 Å². The lowest BCUT2D eigenvalue weighted by Crippen LogP contribution is -2.43. The molecule has 1 amide bonds. The molecule has 2 aromatic heterocycles. The first-order valence-corrected chi connectivity index (χ1v) is 13.3. The summed E-state index contributed by atoms with van der Waals surface area (Å²) in [7, 11) is -1.97. The first-order valence-electron chi connectivity index (χ1n) is 11.1. The van der Waals surface area contributed by atoms with Crippen molar-refractivity contribution in [2.45, 2.75) is 57.4 Å². The maximum Gasteiger partial charge on any atom is 0.244 e. The maximum atomic E-state index is 13.3. The summed E-state index contributed by atoms with van der Waals surface area (Å²) < 4.78 is 33.4. The molecule has 0 bridgehead atoms. The number of furan rings is 1. The third kappa shape index (κ3) is 6.03. The smallest absolute Gasteiger partial charge is 0.244 e. The van der Waals surface area contributed by atoms with Gasteiger partial charge in [0.15, 0.2) is 0 Å². The summed E-state index contributed by atoms with van der Waals surface area (Å²) in [5, 5.41) is 12.9. The van der Waals surface area contributed by atoms with Gasteiger partial charge in [0.1, 0.15) is 12.0 Å². The van der Waals surface area contributed by atoms with Crippen molar-refractivity contribution < 1.29 is 22.7 Å². The highest BCUT2D eigenvalue weighted by Gasteiger charge is 2.35. The highest BCUT2D eigenvalue weighted by atomic mass is 32.2. The van der Waals surface area contributed by atoms with E-state index in [0.717, 1.165) is 0 Å². The summed E-state index contributed by atoms with van der Waals surface area (Å²) in [6.45, 7) is 6.45. The molecule has 184 valence electrons. The van der Waals surface area contributed by atoms with Crippen LogP contribution in [0.3, 0.4) is 0 Å². The number of thiophene rings is 1. The van der Waals surface area contributed by atoms with Gasteiger partial charge in [0, 0.05) is 35.8 Å². The minimum atomic E-state index is -3.70. The lowest BCUT2D eigenvalue weighted by molar-refractivity contribution is -0.136. The molecule has 1 saturated heterocycles. The van der Waals surface area contributed by atoms with Gasteiger partial charge in [0.05, 0.1) is 23.9 Å². The highest BCUT2D eigenvalue weighted by molar-refractivity contribution is 7.89. The molecular weight excluding hydrogens is 464 g/mol. The van der Waals surface area contributed by atoms with Crippen LogP contribution >= 0.6 is 11.3 Å². The first kappa shape index (κ1) is 25.9. The second-order valence-corrected chi connectivity index (χ2v) is 12.0. The van der Waals surface area contributed by atoms with Crippen LogP contribution in [0.5, 0.6) is 0 Å². The van der Waals surface area contributed by atoms with E-state index in [1.54, 1.807) is 37.3 Å². The minimum absolute atomic E-state index is 0.00166. The van der Waals surface area contributed by atoms with Crippen molar-refractivity contribution >= 4 is 27.3 Å². The SMILES string of the molecule is Cc1sc(C(N)NC(O)C(C)C)cc1S(=O)(=O)N1CCC(C(=O)N(C)Cc2ccco2)CC1. The largest absolute Gasteiger partial charge is 0.467 e. The topological polar surface area (TPSA) is 129 Å². The Morgan fingerprint density at radius 1 is 1.39 bits per heavy atom. The summed E-state index contributed by atoms with van der Waals surface area (Å²) in [5.74, 6) is 0.467. The van der Waals surface area contributed by atoms with E-state index in [1.165, 1.54) is 15.6 Å². The zero-order valence-corrected chi connectivity index (χ0v) is 21.2. The number of rotatable bonds is 9. The summed E-state index contributed by atoms with van der Waals surface area (Å²) in [4.78, 5) is 16.0. The third-order valence-electron chi connectivity index (χ3n) is 5.95. The molecule has 33 heavy (non-hydrogen) atoms. The average Bonchev–Trinajstić information content (AvgIpc) is 3.43. The molecule has 1 aliphatic rings. The zero-order chi connectivity index (χ0) is 24.3. The number of aryl methyl sites for hydroxylation is 1. The van der Waals surface area contributed by atoms with Crippen LogP contribution in [0.25, 0.3) is 0 Å². The summed E-state index contributed by atoms with van der Waals surface area (Å²) in [6.07, 6.45) is 1.06. The predicted molar refractivity (Wildman–Crippen MR) is 127 cm³/mol. The normalized spacial score (nSPS) is 17.9. The van der Waals surface area contributed by atoms with E-state index in [0.29, 0.717) is 34.9 Å². The van der Waals surface area contributed by atoms with Crippen LogP contribution in [0, 0.1) is 18.8 Å². The number of nitrogens with one attached hydrogen (secondary N) is 1. The van der Waals surface area contributed by atoms with Crippen molar-refractivity contribution in [3.63, 3.8) is 0 Å². The molecule has 0 saturated carbocycles. The minimum Gasteiger partial charge on any atom is -0.467 e. The van der Waals surface area contributed by atoms with Crippen molar-refractivity contribution in [1.29, 1.82) is 0 Å². The number of hydrogen-bond acceptors (Lipinski definition) is 8. The van der Waals surface area contributed by atoms with E-state index < -0.39 is 22.4 Å². The van der Waals surface area contributed by atoms with Crippen LogP contribution in [-0.2, 0) is 21.4 Å². The lowest BCUT2D eigenvalue weighted by atomic mass is 9.96. The Kier molecular flexibility index (Phi) is 8.35. The van der Waals surface area contributed by atoms with E-state index in [9.17, 15) is 18.3 Å². The van der Waals surface area contributed by atoms with E-state index in [1.807, 2.05) is 19.9 Å².